The fraction of sp³-hybridized carbons (Fsp3) is 0.263. The summed E-state index contributed by atoms with van der Waals surface area (Å²) in [7, 11) is 0. The van der Waals surface area contributed by atoms with E-state index in [4.69, 9.17) is 0 Å². The van der Waals surface area contributed by atoms with Gasteiger partial charge in [0.1, 0.15) is 5.75 Å². The highest BCUT2D eigenvalue weighted by Gasteiger charge is 2.27. The number of H-pyrrole nitrogens is 1. The van der Waals surface area contributed by atoms with Crippen molar-refractivity contribution in [2.75, 3.05) is 0 Å². The van der Waals surface area contributed by atoms with Gasteiger partial charge in [-0.3, -0.25) is 4.79 Å². The van der Waals surface area contributed by atoms with Crippen LogP contribution in [0.2, 0.25) is 0 Å². The van der Waals surface area contributed by atoms with Crippen molar-refractivity contribution >= 4 is 16.9 Å². The SMILES string of the molecule is CC(C)(Cc1ccc(O)cc1)C(=O)NCc1ccc2nc[nH]c2c1. The van der Waals surface area contributed by atoms with Crippen molar-refractivity contribution in [3.8, 4) is 5.75 Å². The number of aromatic amines is 1. The van der Waals surface area contributed by atoms with E-state index in [2.05, 4.69) is 15.3 Å². The average Bonchev–Trinajstić information content (AvgIpc) is 3.02. The van der Waals surface area contributed by atoms with Gasteiger partial charge in [-0.25, -0.2) is 4.98 Å². The van der Waals surface area contributed by atoms with E-state index >= 15 is 0 Å². The predicted molar refractivity (Wildman–Crippen MR) is 93.5 cm³/mol. The summed E-state index contributed by atoms with van der Waals surface area (Å²) in [5, 5.41) is 12.4. The molecule has 0 aliphatic rings. The third kappa shape index (κ3) is 3.56. The maximum Gasteiger partial charge on any atom is 0.226 e. The molecule has 0 aliphatic carbocycles. The van der Waals surface area contributed by atoms with Crippen LogP contribution in [0.1, 0.15) is 25.0 Å². The number of hydrogen-bond acceptors (Lipinski definition) is 3. The number of hydrogen-bond donors (Lipinski definition) is 3. The quantitative estimate of drug-likeness (QED) is 0.675. The van der Waals surface area contributed by atoms with Crippen LogP contribution >= 0.6 is 0 Å². The Morgan fingerprint density at radius 2 is 1.88 bits per heavy atom. The number of amides is 1. The summed E-state index contributed by atoms with van der Waals surface area (Å²) in [6, 6.07) is 12.9. The van der Waals surface area contributed by atoms with Gasteiger partial charge >= 0.3 is 0 Å². The minimum Gasteiger partial charge on any atom is -0.508 e. The molecule has 5 heteroatoms. The number of fused-ring (bicyclic) bond motifs is 1. The molecule has 3 rings (SSSR count). The zero-order valence-corrected chi connectivity index (χ0v) is 13.8. The van der Waals surface area contributed by atoms with Crippen LogP contribution in [0, 0.1) is 5.41 Å². The number of imidazole rings is 1. The summed E-state index contributed by atoms with van der Waals surface area (Å²) in [6.45, 7) is 4.33. The first kappa shape index (κ1) is 16.1. The molecule has 0 unspecified atom stereocenters. The zero-order chi connectivity index (χ0) is 17.2. The molecule has 0 bridgehead atoms. The Morgan fingerprint density at radius 1 is 1.17 bits per heavy atom. The Kier molecular flexibility index (Phi) is 4.25. The average molecular weight is 323 g/mol. The van der Waals surface area contributed by atoms with Crippen LogP contribution in [-0.4, -0.2) is 21.0 Å². The smallest absolute Gasteiger partial charge is 0.226 e. The van der Waals surface area contributed by atoms with Crippen LogP contribution in [-0.2, 0) is 17.8 Å². The van der Waals surface area contributed by atoms with Gasteiger partial charge in [0.05, 0.1) is 17.4 Å². The highest BCUT2D eigenvalue weighted by atomic mass is 16.3. The summed E-state index contributed by atoms with van der Waals surface area (Å²) in [5.41, 5.74) is 3.39. The molecule has 0 saturated carbocycles. The molecule has 0 spiro atoms. The molecule has 24 heavy (non-hydrogen) atoms. The molecule has 2 aromatic carbocycles. The number of nitrogens with one attached hydrogen (secondary N) is 2. The zero-order valence-electron chi connectivity index (χ0n) is 13.8. The van der Waals surface area contributed by atoms with Gasteiger partial charge in [0.25, 0.3) is 0 Å². The van der Waals surface area contributed by atoms with Crippen molar-refractivity contribution in [3.05, 3.63) is 59.9 Å². The van der Waals surface area contributed by atoms with E-state index in [-0.39, 0.29) is 11.7 Å². The maximum absolute atomic E-state index is 12.5. The van der Waals surface area contributed by atoms with E-state index in [1.165, 1.54) is 0 Å². The normalized spacial score (nSPS) is 11.6. The van der Waals surface area contributed by atoms with Gasteiger partial charge in [0, 0.05) is 12.0 Å². The lowest BCUT2D eigenvalue weighted by Crippen LogP contribution is -2.38. The fourth-order valence-corrected chi connectivity index (χ4v) is 2.72. The number of aromatic nitrogens is 2. The number of carbonyl (C=O) groups excluding carboxylic acids is 1. The summed E-state index contributed by atoms with van der Waals surface area (Å²) in [6.07, 6.45) is 2.27. The van der Waals surface area contributed by atoms with Crippen molar-refractivity contribution in [1.29, 1.82) is 0 Å². The Bertz CT molecular complexity index is 850. The first-order valence-corrected chi connectivity index (χ1v) is 7.92. The lowest BCUT2D eigenvalue weighted by atomic mass is 9.84. The van der Waals surface area contributed by atoms with Gasteiger partial charge in [0.15, 0.2) is 0 Å². The topological polar surface area (TPSA) is 78.0 Å². The Morgan fingerprint density at radius 3 is 2.62 bits per heavy atom. The van der Waals surface area contributed by atoms with Gasteiger partial charge in [-0.05, 0) is 41.8 Å². The molecule has 0 saturated heterocycles. The van der Waals surface area contributed by atoms with Crippen LogP contribution in [0.3, 0.4) is 0 Å². The lowest BCUT2D eigenvalue weighted by molar-refractivity contribution is -0.129. The molecule has 0 radical (unpaired) electrons. The van der Waals surface area contributed by atoms with Gasteiger partial charge in [0.2, 0.25) is 5.91 Å². The van der Waals surface area contributed by atoms with Crippen molar-refractivity contribution < 1.29 is 9.90 Å². The largest absolute Gasteiger partial charge is 0.508 e. The predicted octanol–water partition coefficient (Wildman–Crippen LogP) is 3.15. The summed E-state index contributed by atoms with van der Waals surface area (Å²) >= 11 is 0. The number of aromatic hydroxyl groups is 1. The maximum atomic E-state index is 12.5. The molecule has 124 valence electrons. The van der Waals surface area contributed by atoms with Crippen molar-refractivity contribution in [1.82, 2.24) is 15.3 Å². The standard InChI is InChI=1S/C19H21N3O2/c1-19(2,10-13-3-6-15(23)7-4-13)18(24)20-11-14-5-8-16-17(9-14)22-12-21-16/h3-9,12,23H,10-11H2,1-2H3,(H,20,24)(H,21,22). The van der Waals surface area contributed by atoms with Crippen LogP contribution in [0.4, 0.5) is 0 Å². The highest BCUT2D eigenvalue weighted by Crippen LogP contribution is 2.23. The van der Waals surface area contributed by atoms with E-state index in [9.17, 15) is 9.90 Å². The number of phenolic OH excluding ortho intramolecular Hbond substituents is 1. The second-order valence-corrected chi connectivity index (χ2v) is 6.66. The van der Waals surface area contributed by atoms with Crippen LogP contribution in [0.5, 0.6) is 5.75 Å². The van der Waals surface area contributed by atoms with Crippen molar-refractivity contribution in [2.24, 2.45) is 5.41 Å². The van der Waals surface area contributed by atoms with Gasteiger partial charge in [-0.1, -0.05) is 32.0 Å². The fourth-order valence-electron chi connectivity index (χ4n) is 2.72. The lowest BCUT2D eigenvalue weighted by Gasteiger charge is -2.24. The van der Waals surface area contributed by atoms with E-state index in [1.54, 1.807) is 18.5 Å². The van der Waals surface area contributed by atoms with Crippen LogP contribution in [0.25, 0.3) is 11.0 Å². The minimum absolute atomic E-state index is 0.000262. The molecule has 3 aromatic rings. The first-order valence-electron chi connectivity index (χ1n) is 7.92. The Labute approximate surface area is 140 Å². The molecule has 3 N–H and O–H groups in total. The van der Waals surface area contributed by atoms with Crippen molar-refractivity contribution in [2.45, 2.75) is 26.8 Å². The second kappa shape index (κ2) is 6.35. The summed E-state index contributed by atoms with van der Waals surface area (Å²) in [4.78, 5) is 19.8. The molecule has 1 amide bonds. The number of phenols is 1. The first-order chi connectivity index (χ1) is 11.4. The summed E-state index contributed by atoms with van der Waals surface area (Å²) < 4.78 is 0. The number of carbonyl (C=O) groups is 1. The van der Waals surface area contributed by atoms with E-state index in [0.717, 1.165) is 22.2 Å². The molecule has 5 nitrogen and oxygen atoms in total. The molecule has 1 aromatic heterocycles. The minimum atomic E-state index is -0.533. The van der Waals surface area contributed by atoms with Gasteiger partial charge in [-0.15, -0.1) is 0 Å². The number of nitrogens with zero attached hydrogens (tertiary/aromatic N) is 1. The van der Waals surface area contributed by atoms with E-state index < -0.39 is 5.41 Å². The second-order valence-electron chi connectivity index (χ2n) is 6.66. The summed E-state index contributed by atoms with van der Waals surface area (Å²) in [5.74, 6) is 0.232. The molecule has 0 aliphatic heterocycles. The number of rotatable bonds is 5. The van der Waals surface area contributed by atoms with Gasteiger partial charge < -0.3 is 15.4 Å². The van der Waals surface area contributed by atoms with Crippen LogP contribution in [0.15, 0.2) is 48.8 Å². The van der Waals surface area contributed by atoms with Gasteiger partial charge in [-0.2, -0.15) is 0 Å². The van der Waals surface area contributed by atoms with E-state index in [0.29, 0.717) is 13.0 Å². The Hall–Kier alpha value is -2.82. The Balaban J connectivity index is 1.63. The molecule has 0 fully saturated rings. The molecule has 0 atom stereocenters. The molecular weight excluding hydrogens is 302 g/mol. The van der Waals surface area contributed by atoms with E-state index in [1.807, 2.05) is 44.2 Å². The highest BCUT2D eigenvalue weighted by molar-refractivity contribution is 5.82. The van der Waals surface area contributed by atoms with Crippen molar-refractivity contribution in [3.63, 3.8) is 0 Å². The van der Waals surface area contributed by atoms with Crippen LogP contribution < -0.4 is 5.32 Å². The third-order valence-corrected chi connectivity index (χ3v) is 4.13. The monoisotopic (exact) mass is 323 g/mol. The molecular formula is C19H21N3O2. The molecule has 1 heterocycles. The number of benzene rings is 2. The third-order valence-electron chi connectivity index (χ3n) is 4.13.